The zero-order valence-electron chi connectivity index (χ0n) is 12.7. The summed E-state index contributed by atoms with van der Waals surface area (Å²) in [6, 6.07) is -0.0503. The number of hydrogen-bond acceptors (Lipinski definition) is 6. The Morgan fingerprint density at radius 3 is 2.71 bits per heavy atom. The molecule has 1 aliphatic rings. The van der Waals surface area contributed by atoms with Crippen molar-refractivity contribution in [3.05, 3.63) is 4.88 Å². The normalized spacial score (nSPS) is 17.3. The highest BCUT2D eigenvalue weighted by Crippen LogP contribution is 2.29. The second kappa shape index (κ2) is 7.61. The van der Waals surface area contributed by atoms with Crippen LogP contribution < -0.4 is 16.0 Å². The molecular formula is C14H24N4O2S. The fourth-order valence-corrected chi connectivity index (χ4v) is 3.40. The number of nitrogen functional groups attached to an aromatic ring is 1. The van der Waals surface area contributed by atoms with E-state index in [-0.39, 0.29) is 11.9 Å². The van der Waals surface area contributed by atoms with Crippen LogP contribution in [0.3, 0.4) is 0 Å². The smallest absolute Gasteiger partial charge is 0.265 e. The van der Waals surface area contributed by atoms with E-state index in [1.165, 1.54) is 37.0 Å². The summed E-state index contributed by atoms with van der Waals surface area (Å²) in [5.41, 5.74) is 5.92. The summed E-state index contributed by atoms with van der Waals surface area (Å²) < 4.78 is 5.02. The molecular weight excluding hydrogens is 288 g/mol. The standard InChI is InChI=1S/C14H24N4O2S/c1-10(9-20-2)16-13(19)11-12(15)17-14(21-11)18-7-5-3-4-6-8-18/h10H,3-9,15H2,1-2H3,(H,16,19). The van der Waals surface area contributed by atoms with Gasteiger partial charge in [0.2, 0.25) is 0 Å². The third-order valence-electron chi connectivity index (χ3n) is 3.52. The number of carbonyl (C=O) groups is 1. The highest BCUT2D eigenvalue weighted by atomic mass is 32.1. The maximum absolute atomic E-state index is 12.2. The van der Waals surface area contributed by atoms with Crippen molar-refractivity contribution in [1.82, 2.24) is 10.3 Å². The van der Waals surface area contributed by atoms with Gasteiger partial charge in [0.1, 0.15) is 10.7 Å². The zero-order chi connectivity index (χ0) is 15.2. The van der Waals surface area contributed by atoms with E-state index in [0.29, 0.717) is 17.3 Å². The molecule has 2 heterocycles. The molecule has 0 bridgehead atoms. The van der Waals surface area contributed by atoms with Gasteiger partial charge < -0.3 is 20.7 Å². The molecule has 118 valence electrons. The van der Waals surface area contributed by atoms with Crippen LogP contribution in [0.1, 0.15) is 42.3 Å². The van der Waals surface area contributed by atoms with Crippen LogP contribution in [-0.2, 0) is 4.74 Å². The van der Waals surface area contributed by atoms with Gasteiger partial charge in [-0.15, -0.1) is 0 Å². The predicted octanol–water partition coefficient (Wildman–Crippen LogP) is 1.87. The monoisotopic (exact) mass is 312 g/mol. The predicted molar refractivity (Wildman–Crippen MR) is 86.0 cm³/mol. The number of amides is 1. The van der Waals surface area contributed by atoms with Gasteiger partial charge in [0.15, 0.2) is 5.13 Å². The molecule has 1 aromatic rings. The number of aromatic nitrogens is 1. The lowest BCUT2D eigenvalue weighted by Crippen LogP contribution is -2.35. The average molecular weight is 312 g/mol. The summed E-state index contributed by atoms with van der Waals surface area (Å²) >= 11 is 1.38. The number of rotatable bonds is 5. The first-order chi connectivity index (χ1) is 10.1. The number of anilines is 2. The molecule has 1 fully saturated rings. The van der Waals surface area contributed by atoms with E-state index in [0.717, 1.165) is 18.2 Å². The highest BCUT2D eigenvalue weighted by Gasteiger charge is 2.21. The van der Waals surface area contributed by atoms with Gasteiger partial charge in [0.25, 0.3) is 5.91 Å². The molecule has 21 heavy (non-hydrogen) atoms. The molecule has 0 aromatic carbocycles. The first-order valence-electron chi connectivity index (χ1n) is 7.43. The summed E-state index contributed by atoms with van der Waals surface area (Å²) in [7, 11) is 1.61. The van der Waals surface area contributed by atoms with Crippen LogP contribution in [0.4, 0.5) is 10.9 Å². The quantitative estimate of drug-likeness (QED) is 0.867. The third-order valence-corrected chi connectivity index (χ3v) is 4.65. The topological polar surface area (TPSA) is 80.5 Å². The number of ether oxygens (including phenoxy) is 1. The van der Waals surface area contributed by atoms with E-state index < -0.39 is 0 Å². The molecule has 2 rings (SSSR count). The molecule has 1 aliphatic heterocycles. The summed E-state index contributed by atoms with van der Waals surface area (Å²) in [6.07, 6.45) is 4.87. The molecule has 1 amide bonds. The van der Waals surface area contributed by atoms with Crippen LogP contribution in [0.2, 0.25) is 0 Å². The second-order valence-corrected chi connectivity index (χ2v) is 6.42. The van der Waals surface area contributed by atoms with Crippen LogP contribution >= 0.6 is 11.3 Å². The Labute approximate surface area is 129 Å². The lowest BCUT2D eigenvalue weighted by atomic mass is 10.2. The average Bonchev–Trinajstić information content (AvgIpc) is 2.66. The van der Waals surface area contributed by atoms with Crippen LogP contribution in [0.15, 0.2) is 0 Å². The third kappa shape index (κ3) is 4.31. The van der Waals surface area contributed by atoms with Crippen molar-refractivity contribution in [3.8, 4) is 0 Å². The van der Waals surface area contributed by atoms with Gasteiger partial charge in [-0.25, -0.2) is 4.98 Å². The van der Waals surface area contributed by atoms with Crippen LogP contribution in [0.5, 0.6) is 0 Å². The summed E-state index contributed by atoms with van der Waals surface area (Å²) in [5, 5.41) is 3.73. The van der Waals surface area contributed by atoms with E-state index in [9.17, 15) is 4.79 Å². The minimum Gasteiger partial charge on any atom is -0.383 e. The molecule has 1 unspecified atom stereocenters. The van der Waals surface area contributed by atoms with Crippen LogP contribution in [0, 0.1) is 0 Å². The van der Waals surface area contributed by atoms with Crippen molar-refractivity contribution in [1.29, 1.82) is 0 Å². The Balaban J connectivity index is 2.05. The number of thiazole rings is 1. The number of nitrogens with one attached hydrogen (secondary N) is 1. The number of nitrogens with zero attached hydrogens (tertiary/aromatic N) is 2. The van der Waals surface area contributed by atoms with Gasteiger partial charge in [0, 0.05) is 26.2 Å². The van der Waals surface area contributed by atoms with E-state index in [1.807, 2.05) is 6.92 Å². The van der Waals surface area contributed by atoms with Gasteiger partial charge in [-0.2, -0.15) is 0 Å². The minimum absolute atomic E-state index is 0.0503. The first kappa shape index (κ1) is 16.0. The van der Waals surface area contributed by atoms with E-state index in [4.69, 9.17) is 10.5 Å². The SMILES string of the molecule is COCC(C)NC(=O)c1sc(N2CCCCCC2)nc1N. The number of nitrogens with two attached hydrogens (primary N) is 1. The van der Waals surface area contributed by atoms with Gasteiger partial charge in [-0.05, 0) is 19.8 Å². The number of carbonyl (C=O) groups excluding carboxylic acids is 1. The van der Waals surface area contributed by atoms with Crippen molar-refractivity contribution in [3.63, 3.8) is 0 Å². The Morgan fingerprint density at radius 1 is 1.43 bits per heavy atom. The van der Waals surface area contributed by atoms with E-state index in [2.05, 4.69) is 15.2 Å². The molecule has 0 spiro atoms. The first-order valence-corrected chi connectivity index (χ1v) is 8.24. The fraction of sp³-hybridized carbons (Fsp3) is 0.714. The van der Waals surface area contributed by atoms with Crippen molar-refractivity contribution >= 4 is 28.2 Å². The molecule has 1 aromatic heterocycles. The summed E-state index contributed by atoms with van der Waals surface area (Å²) in [6.45, 7) is 4.36. The van der Waals surface area contributed by atoms with Gasteiger partial charge in [-0.3, -0.25) is 4.79 Å². The molecule has 0 aliphatic carbocycles. The molecule has 6 nitrogen and oxygen atoms in total. The van der Waals surface area contributed by atoms with Gasteiger partial charge in [-0.1, -0.05) is 24.2 Å². The molecule has 1 saturated heterocycles. The molecule has 0 saturated carbocycles. The molecule has 0 radical (unpaired) electrons. The van der Waals surface area contributed by atoms with E-state index in [1.54, 1.807) is 7.11 Å². The van der Waals surface area contributed by atoms with Gasteiger partial charge >= 0.3 is 0 Å². The lowest BCUT2D eigenvalue weighted by Gasteiger charge is -2.18. The Morgan fingerprint density at radius 2 is 2.10 bits per heavy atom. The minimum atomic E-state index is -0.171. The van der Waals surface area contributed by atoms with Crippen molar-refractivity contribution in [2.75, 3.05) is 37.4 Å². The summed E-state index contributed by atoms with van der Waals surface area (Å²) in [5.74, 6) is 0.150. The lowest BCUT2D eigenvalue weighted by molar-refractivity contribution is 0.0910. The maximum atomic E-state index is 12.2. The van der Waals surface area contributed by atoms with Crippen molar-refractivity contribution in [2.45, 2.75) is 38.6 Å². The summed E-state index contributed by atoms with van der Waals surface area (Å²) in [4.78, 5) is 19.3. The van der Waals surface area contributed by atoms with Crippen molar-refractivity contribution < 1.29 is 9.53 Å². The highest BCUT2D eigenvalue weighted by molar-refractivity contribution is 7.18. The largest absolute Gasteiger partial charge is 0.383 e. The second-order valence-electron chi connectivity index (χ2n) is 5.44. The van der Waals surface area contributed by atoms with E-state index >= 15 is 0 Å². The number of hydrogen-bond donors (Lipinski definition) is 2. The Hall–Kier alpha value is -1.34. The van der Waals surface area contributed by atoms with Gasteiger partial charge in [0.05, 0.1) is 6.61 Å². The zero-order valence-corrected chi connectivity index (χ0v) is 13.5. The maximum Gasteiger partial charge on any atom is 0.265 e. The molecule has 7 heteroatoms. The Kier molecular flexibility index (Phi) is 5.81. The Bertz CT molecular complexity index is 470. The van der Waals surface area contributed by atoms with Crippen LogP contribution in [-0.4, -0.2) is 43.7 Å². The van der Waals surface area contributed by atoms with Crippen molar-refractivity contribution in [2.24, 2.45) is 0 Å². The molecule has 3 N–H and O–H groups in total. The number of methoxy groups -OCH3 is 1. The van der Waals surface area contributed by atoms with Crippen LogP contribution in [0.25, 0.3) is 0 Å². The molecule has 1 atom stereocenters. The fourth-order valence-electron chi connectivity index (χ4n) is 2.46.